The highest BCUT2D eigenvalue weighted by molar-refractivity contribution is 7.54. The van der Waals surface area contributed by atoms with Crippen molar-refractivity contribution in [1.82, 2.24) is 0 Å². The maximum absolute atomic E-state index is 13.4. The maximum Gasteiger partial charge on any atom is 0.369 e. The van der Waals surface area contributed by atoms with Crippen molar-refractivity contribution in [3.05, 3.63) is 0 Å². The van der Waals surface area contributed by atoms with E-state index in [4.69, 9.17) is 4.52 Å². The Balaban J connectivity index is 4.03. The summed E-state index contributed by atoms with van der Waals surface area (Å²) in [5.74, 6) is 0.350. The van der Waals surface area contributed by atoms with Crippen LogP contribution in [0.1, 0.15) is 53.4 Å². The fourth-order valence-electron chi connectivity index (χ4n) is 1.48. The second-order valence-electron chi connectivity index (χ2n) is 4.35. The third kappa shape index (κ3) is 6.32. The van der Waals surface area contributed by atoms with Crippen LogP contribution in [0.3, 0.4) is 0 Å². The summed E-state index contributed by atoms with van der Waals surface area (Å²) in [4.78, 5) is 0. The topological polar surface area (TPSA) is 26.3 Å². The molecule has 1 atom stereocenters. The van der Waals surface area contributed by atoms with Crippen molar-refractivity contribution in [2.45, 2.75) is 59.0 Å². The van der Waals surface area contributed by atoms with Crippen LogP contribution >= 0.6 is 7.68 Å². The molecule has 0 bridgehead atoms. The predicted octanol–water partition coefficient (Wildman–Crippen LogP) is 4.79. The average molecular weight is 238 g/mol. The SMILES string of the molecule is CCCC(CCC)COP(=O)(F)C(C)C. The lowest BCUT2D eigenvalue weighted by atomic mass is 10.00. The molecule has 4 heteroatoms. The summed E-state index contributed by atoms with van der Waals surface area (Å²) in [7, 11) is -3.87. The molecule has 0 heterocycles. The zero-order valence-corrected chi connectivity index (χ0v) is 11.2. The highest BCUT2D eigenvalue weighted by Gasteiger charge is 2.27. The summed E-state index contributed by atoms with van der Waals surface area (Å²) in [5.41, 5.74) is -0.526. The predicted molar refractivity (Wildman–Crippen MR) is 63.1 cm³/mol. The molecule has 0 saturated carbocycles. The Morgan fingerprint density at radius 2 is 1.67 bits per heavy atom. The Morgan fingerprint density at radius 3 is 2.00 bits per heavy atom. The second-order valence-corrected chi connectivity index (χ2v) is 6.69. The molecule has 0 aromatic carbocycles. The van der Waals surface area contributed by atoms with Crippen molar-refractivity contribution in [3.63, 3.8) is 0 Å². The van der Waals surface area contributed by atoms with E-state index in [-0.39, 0.29) is 0 Å². The van der Waals surface area contributed by atoms with Crippen molar-refractivity contribution >= 4 is 7.68 Å². The minimum absolute atomic E-state index is 0.299. The molecule has 15 heavy (non-hydrogen) atoms. The molecule has 0 amide bonds. The quantitative estimate of drug-likeness (QED) is 0.568. The van der Waals surface area contributed by atoms with E-state index in [1.54, 1.807) is 13.8 Å². The first-order valence-electron chi connectivity index (χ1n) is 5.87. The van der Waals surface area contributed by atoms with Crippen LogP contribution in [0, 0.1) is 5.92 Å². The van der Waals surface area contributed by atoms with E-state index >= 15 is 0 Å². The Hall–Kier alpha value is 0.120. The Bertz CT molecular complexity index is 201. The first-order valence-corrected chi connectivity index (χ1v) is 7.46. The van der Waals surface area contributed by atoms with Crippen LogP contribution in [0.15, 0.2) is 0 Å². The molecule has 0 fully saturated rings. The van der Waals surface area contributed by atoms with Crippen LogP contribution in [0.2, 0.25) is 0 Å². The fourth-order valence-corrected chi connectivity index (χ4v) is 2.20. The smallest absolute Gasteiger partial charge is 0.305 e. The van der Waals surface area contributed by atoms with Gasteiger partial charge < -0.3 is 4.52 Å². The Kier molecular flexibility index (Phi) is 7.46. The molecule has 0 rings (SSSR count). The van der Waals surface area contributed by atoms with Gasteiger partial charge in [0.25, 0.3) is 0 Å². The van der Waals surface area contributed by atoms with E-state index < -0.39 is 13.3 Å². The molecule has 0 aromatic heterocycles. The summed E-state index contributed by atoms with van der Waals surface area (Å²) in [5, 5.41) is 0. The van der Waals surface area contributed by atoms with Crippen molar-refractivity contribution in [1.29, 1.82) is 0 Å². The average Bonchev–Trinajstić information content (AvgIpc) is 2.15. The number of halogens is 1. The standard InChI is InChI=1S/C11H24FO2P/c1-5-7-11(8-6-2)9-14-15(12,13)10(3)4/h10-11H,5-9H2,1-4H3. The van der Waals surface area contributed by atoms with Crippen molar-refractivity contribution in [2.75, 3.05) is 6.61 Å². The molecule has 92 valence electrons. The number of hydrogen-bond donors (Lipinski definition) is 0. The fraction of sp³-hybridized carbons (Fsp3) is 1.00. The van der Waals surface area contributed by atoms with Gasteiger partial charge in [-0.1, -0.05) is 40.5 Å². The molecule has 0 aliphatic heterocycles. The van der Waals surface area contributed by atoms with Gasteiger partial charge in [0.2, 0.25) is 0 Å². The van der Waals surface area contributed by atoms with Gasteiger partial charge in [0.15, 0.2) is 0 Å². The van der Waals surface area contributed by atoms with Crippen molar-refractivity contribution in [2.24, 2.45) is 5.92 Å². The van der Waals surface area contributed by atoms with Crippen LogP contribution < -0.4 is 0 Å². The van der Waals surface area contributed by atoms with E-state index in [9.17, 15) is 8.76 Å². The van der Waals surface area contributed by atoms with Gasteiger partial charge >= 0.3 is 7.68 Å². The Morgan fingerprint density at radius 1 is 1.20 bits per heavy atom. The molecular formula is C11H24FO2P. The third-order valence-corrected chi connectivity index (χ3v) is 4.23. The van der Waals surface area contributed by atoms with Crippen LogP contribution in [0.4, 0.5) is 4.20 Å². The number of hydrogen-bond acceptors (Lipinski definition) is 2. The first-order chi connectivity index (χ1) is 6.94. The molecule has 0 aromatic rings. The summed E-state index contributed by atoms with van der Waals surface area (Å²) < 4.78 is 29.7. The van der Waals surface area contributed by atoms with E-state index in [2.05, 4.69) is 13.8 Å². The molecular weight excluding hydrogens is 214 g/mol. The van der Waals surface area contributed by atoms with Gasteiger partial charge in [-0.15, -0.1) is 0 Å². The zero-order valence-electron chi connectivity index (χ0n) is 10.3. The lowest BCUT2D eigenvalue weighted by molar-refractivity contribution is 0.213. The van der Waals surface area contributed by atoms with Crippen LogP contribution in [0.5, 0.6) is 0 Å². The van der Waals surface area contributed by atoms with Crippen LogP contribution in [-0.4, -0.2) is 12.3 Å². The highest BCUT2D eigenvalue weighted by Crippen LogP contribution is 2.53. The molecule has 2 nitrogen and oxygen atoms in total. The molecule has 0 radical (unpaired) electrons. The summed E-state index contributed by atoms with van der Waals surface area (Å²) in [6.07, 6.45) is 4.16. The molecule has 0 aliphatic rings. The van der Waals surface area contributed by atoms with Gasteiger partial charge in [-0.2, -0.15) is 4.20 Å². The highest BCUT2D eigenvalue weighted by atomic mass is 31.2. The normalized spacial score (nSPS) is 15.9. The van der Waals surface area contributed by atoms with Gasteiger partial charge in [0.1, 0.15) is 0 Å². The van der Waals surface area contributed by atoms with E-state index in [1.807, 2.05) is 0 Å². The van der Waals surface area contributed by atoms with Gasteiger partial charge in [0.05, 0.1) is 12.3 Å². The van der Waals surface area contributed by atoms with E-state index in [0.29, 0.717) is 12.5 Å². The van der Waals surface area contributed by atoms with E-state index in [1.165, 1.54) is 0 Å². The monoisotopic (exact) mass is 238 g/mol. The lowest BCUT2D eigenvalue weighted by Crippen LogP contribution is -2.10. The van der Waals surface area contributed by atoms with Crippen molar-refractivity contribution in [3.8, 4) is 0 Å². The number of rotatable bonds is 8. The lowest BCUT2D eigenvalue weighted by Gasteiger charge is -2.18. The van der Waals surface area contributed by atoms with Gasteiger partial charge in [-0.05, 0) is 18.8 Å². The minimum Gasteiger partial charge on any atom is -0.305 e. The maximum atomic E-state index is 13.4. The van der Waals surface area contributed by atoms with Crippen molar-refractivity contribution < 1.29 is 13.3 Å². The summed E-state index contributed by atoms with van der Waals surface area (Å²) >= 11 is 0. The molecule has 0 N–H and O–H groups in total. The molecule has 0 spiro atoms. The summed E-state index contributed by atoms with van der Waals surface area (Å²) in [6, 6.07) is 0. The summed E-state index contributed by atoms with van der Waals surface area (Å²) in [6.45, 7) is 7.68. The zero-order chi connectivity index (χ0) is 11.9. The Labute approximate surface area is 93.2 Å². The van der Waals surface area contributed by atoms with Crippen LogP contribution in [-0.2, 0) is 9.09 Å². The third-order valence-electron chi connectivity index (χ3n) is 2.50. The molecule has 1 unspecified atom stereocenters. The second kappa shape index (κ2) is 7.40. The molecule has 0 saturated heterocycles. The van der Waals surface area contributed by atoms with Gasteiger partial charge in [-0.25, -0.2) is 0 Å². The van der Waals surface area contributed by atoms with E-state index in [0.717, 1.165) is 25.7 Å². The van der Waals surface area contributed by atoms with Crippen LogP contribution in [0.25, 0.3) is 0 Å². The molecule has 0 aliphatic carbocycles. The van der Waals surface area contributed by atoms with Gasteiger partial charge in [0, 0.05) is 0 Å². The minimum atomic E-state index is -3.87. The largest absolute Gasteiger partial charge is 0.369 e. The first kappa shape index (κ1) is 15.1. The van der Waals surface area contributed by atoms with Gasteiger partial charge in [-0.3, -0.25) is 4.57 Å².